The summed E-state index contributed by atoms with van der Waals surface area (Å²) < 4.78 is 32.1. The van der Waals surface area contributed by atoms with E-state index >= 15 is 0 Å². The normalized spacial score (nSPS) is 21.0. The van der Waals surface area contributed by atoms with Crippen LogP contribution in [0.25, 0.3) is 0 Å². The fourth-order valence-electron chi connectivity index (χ4n) is 3.67. The Kier molecular flexibility index (Phi) is 5.18. The van der Waals surface area contributed by atoms with Crippen LogP contribution in [0.1, 0.15) is 31.2 Å². The Morgan fingerprint density at radius 2 is 1.84 bits per heavy atom. The second-order valence-electron chi connectivity index (χ2n) is 7.00. The number of hydrogen-bond donors (Lipinski definition) is 1. The molecule has 1 N–H and O–H groups in total. The van der Waals surface area contributed by atoms with Gasteiger partial charge in [0, 0.05) is 13.1 Å². The summed E-state index contributed by atoms with van der Waals surface area (Å²) in [6, 6.07) is 6.75. The summed E-state index contributed by atoms with van der Waals surface area (Å²) in [5.41, 5.74) is 0.272. The highest BCUT2D eigenvalue weighted by Gasteiger charge is 2.52. The molecule has 0 aromatic heterocycles. The van der Waals surface area contributed by atoms with E-state index in [2.05, 4.69) is 5.32 Å². The van der Waals surface area contributed by atoms with Crippen molar-refractivity contribution in [3.63, 3.8) is 0 Å². The molecule has 0 radical (unpaired) electrons. The van der Waals surface area contributed by atoms with Gasteiger partial charge in [0.2, 0.25) is 10.0 Å². The van der Waals surface area contributed by atoms with Crippen molar-refractivity contribution in [3.05, 3.63) is 29.8 Å². The van der Waals surface area contributed by atoms with Crippen molar-refractivity contribution in [2.45, 2.75) is 36.0 Å². The minimum absolute atomic E-state index is 0.241. The first-order valence-corrected chi connectivity index (χ1v) is 10.2. The van der Waals surface area contributed by atoms with Crippen molar-refractivity contribution >= 4 is 16.0 Å². The van der Waals surface area contributed by atoms with Gasteiger partial charge in [-0.25, -0.2) is 8.42 Å². The van der Waals surface area contributed by atoms with Gasteiger partial charge in [0.25, 0.3) is 0 Å². The maximum atomic E-state index is 12.8. The van der Waals surface area contributed by atoms with Crippen molar-refractivity contribution in [3.8, 4) is 0 Å². The number of sulfonamides is 1. The van der Waals surface area contributed by atoms with Crippen LogP contribution in [-0.2, 0) is 25.0 Å². The van der Waals surface area contributed by atoms with Gasteiger partial charge in [0.05, 0.1) is 17.4 Å². The first kappa shape index (κ1) is 18.4. The zero-order valence-corrected chi connectivity index (χ0v) is 15.6. The number of nitrogens with one attached hydrogen (secondary N) is 1. The van der Waals surface area contributed by atoms with Gasteiger partial charge < -0.3 is 10.1 Å². The molecular weight excluding hydrogens is 340 g/mol. The third kappa shape index (κ3) is 3.45. The molecule has 1 saturated heterocycles. The lowest BCUT2D eigenvalue weighted by molar-refractivity contribution is -0.143. The minimum atomic E-state index is -3.47. The number of benzene rings is 1. The molecule has 1 aliphatic heterocycles. The van der Waals surface area contributed by atoms with Crippen LogP contribution in [0.4, 0.5) is 0 Å². The maximum absolute atomic E-state index is 12.8. The van der Waals surface area contributed by atoms with Crippen molar-refractivity contribution in [1.82, 2.24) is 9.62 Å². The summed E-state index contributed by atoms with van der Waals surface area (Å²) >= 11 is 0. The number of carbonyl (C=O) groups excluding carboxylic acids is 1. The van der Waals surface area contributed by atoms with Crippen LogP contribution in [-0.4, -0.2) is 52.5 Å². The molecule has 0 bridgehead atoms. The predicted molar refractivity (Wildman–Crippen MR) is 94.8 cm³/mol. The Hall–Kier alpha value is -1.44. The Morgan fingerprint density at radius 3 is 2.32 bits per heavy atom. The van der Waals surface area contributed by atoms with Gasteiger partial charge in [0.1, 0.15) is 0 Å². The number of piperidine rings is 1. The van der Waals surface area contributed by atoms with Gasteiger partial charge >= 0.3 is 5.97 Å². The van der Waals surface area contributed by atoms with Crippen molar-refractivity contribution in [1.29, 1.82) is 0 Å². The highest BCUT2D eigenvalue weighted by molar-refractivity contribution is 7.89. The molecule has 138 valence electrons. The van der Waals surface area contributed by atoms with Crippen LogP contribution in [0.3, 0.4) is 0 Å². The van der Waals surface area contributed by atoms with E-state index in [1.54, 1.807) is 28.6 Å². The maximum Gasteiger partial charge on any atom is 0.316 e. The number of esters is 1. The average Bonchev–Trinajstić information content (AvgIpc) is 3.44. The Bertz CT molecular complexity index is 718. The molecule has 1 heterocycles. The molecule has 2 fully saturated rings. The lowest BCUT2D eigenvalue weighted by Gasteiger charge is -2.31. The molecular formula is C18H26N2O4S. The molecule has 0 spiro atoms. The average molecular weight is 366 g/mol. The number of rotatable bonds is 6. The number of hydrogen-bond acceptors (Lipinski definition) is 5. The highest BCUT2D eigenvalue weighted by atomic mass is 32.2. The van der Waals surface area contributed by atoms with Gasteiger partial charge in [-0.15, -0.1) is 0 Å². The molecule has 25 heavy (non-hydrogen) atoms. The predicted octanol–water partition coefficient (Wildman–Crippen LogP) is 1.51. The third-order valence-electron chi connectivity index (χ3n) is 5.44. The third-order valence-corrected chi connectivity index (χ3v) is 7.35. The highest BCUT2D eigenvalue weighted by Crippen LogP contribution is 2.49. The van der Waals surface area contributed by atoms with E-state index in [-0.39, 0.29) is 5.97 Å². The van der Waals surface area contributed by atoms with Gasteiger partial charge in [-0.1, -0.05) is 12.1 Å². The largest absolute Gasteiger partial charge is 0.468 e. The molecule has 0 atom stereocenters. The lowest BCUT2D eigenvalue weighted by atomic mass is 9.96. The summed E-state index contributed by atoms with van der Waals surface area (Å²) in [6.07, 6.45) is 3.27. The van der Waals surface area contributed by atoms with Crippen LogP contribution in [0.15, 0.2) is 29.2 Å². The number of methoxy groups -OCH3 is 1. The summed E-state index contributed by atoms with van der Waals surface area (Å²) in [4.78, 5) is 12.3. The fourth-order valence-corrected chi connectivity index (χ4v) is 5.14. The molecule has 0 amide bonds. The summed E-state index contributed by atoms with van der Waals surface area (Å²) in [6.45, 7) is 2.04. The fraction of sp³-hybridized carbons (Fsp3) is 0.611. The second-order valence-corrected chi connectivity index (χ2v) is 8.94. The van der Waals surface area contributed by atoms with E-state index in [1.807, 2.05) is 7.05 Å². The van der Waals surface area contributed by atoms with Gasteiger partial charge in [-0.3, -0.25) is 4.79 Å². The van der Waals surface area contributed by atoms with E-state index in [0.717, 1.165) is 37.8 Å². The summed E-state index contributed by atoms with van der Waals surface area (Å²) in [7, 11) is -0.161. The first-order valence-electron chi connectivity index (χ1n) is 8.78. The molecule has 0 unspecified atom stereocenters. The van der Waals surface area contributed by atoms with E-state index in [4.69, 9.17) is 4.74 Å². The topological polar surface area (TPSA) is 75.7 Å². The minimum Gasteiger partial charge on any atom is -0.468 e. The molecule has 1 saturated carbocycles. The summed E-state index contributed by atoms with van der Waals surface area (Å²) in [5.74, 6) is 0.295. The Morgan fingerprint density at radius 1 is 1.24 bits per heavy atom. The van der Waals surface area contributed by atoms with Gasteiger partial charge in [0.15, 0.2) is 0 Å². The van der Waals surface area contributed by atoms with Gasteiger partial charge in [-0.2, -0.15) is 4.31 Å². The molecule has 3 rings (SSSR count). The van der Waals surface area contributed by atoms with E-state index < -0.39 is 15.4 Å². The number of carbonyl (C=O) groups is 1. The first-order chi connectivity index (χ1) is 11.9. The quantitative estimate of drug-likeness (QED) is 0.773. The molecule has 7 heteroatoms. The van der Waals surface area contributed by atoms with E-state index in [0.29, 0.717) is 23.9 Å². The molecule has 1 aliphatic carbocycles. The smallest absolute Gasteiger partial charge is 0.316 e. The van der Waals surface area contributed by atoms with E-state index in [9.17, 15) is 13.2 Å². The zero-order chi connectivity index (χ0) is 18.1. The van der Waals surface area contributed by atoms with Crippen LogP contribution in [0, 0.1) is 5.92 Å². The Labute approximate surface area is 149 Å². The second kappa shape index (κ2) is 7.05. The SMILES string of the molecule is CNCC1CCN(S(=O)(=O)c2ccc(C3(C(=O)OC)CC3)cc2)CC1. The van der Waals surface area contributed by atoms with Crippen molar-refractivity contribution < 1.29 is 17.9 Å². The van der Waals surface area contributed by atoms with Crippen molar-refractivity contribution in [2.24, 2.45) is 5.92 Å². The molecule has 1 aromatic carbocycles. The van der Waals surface area contributed by atoms with Gasteiger partial charge in [-0.05, 0) is 62.9 Å². The van der Waals surface area contributed by atoms with Crippen molar-refractivity contribution in [2.75, 3.05) is 33.8 Å². The van der Waals surface area contributed by atoms with Crippen LogP contribution in [0.5, 0.6) is 0 Å². The van der Waals surface area contributed by atoms with Crippen LogP contribution >= 0.6 is 0 Å². The Balaban J connectivity index is 1.73. The standard InChI is InChI=1S/C18H26N2O4S/c1-19-13-14-7-11-20(12-8-14)25(22,23)16-5-3-15(4-6-16)18(9-10-18)17(21)24-2/h3-6,14,19H,7-13H2,1-2H3. The molecule has 6 nitrogen and oxygen atoms in total. The molecule has 1 aromatic rings. The molecule has 2 aliphatic rings. The van der Waals surface area contributed by atoms with E-state index in [1.165, 1.54) is 7.11 Å². The lowest BCUT2D eigenvalue weighted by Crippen LogP contribution is -2.40. The number of nitrogens with zero attached hydrogens (tertiary/aromatic N) is 1. The monoisotopic (exact) mass is 366 g/mol. The van der Waals surface area contributed by atoms with Crippen LogP contribution in [0.2, 0.25) is 0 Å². The number of ether oxygens (including phenoxy) is 1. The van der Waals surface area contributed by atoms with Crippen LogP contribution < -0.4 is 5.32 Å². The summed E-state index contributed by atoms with van der Waals surface area (Å²) in [5, 5.41) is 3.16. The zero-order valence-electron chi connectivity index (χ0n) is 14.8.